The molecule has 158 valence electrons. The van der Waals surface area contributed by atoms with Crippen LogP contribution in [0.2, 0.25) is 0 Å². The summed E-state index contributed by atoms with van der Waals surface area (Å²) in [6.07, 6.45) is 8.27. The molecule has 5 heteroatoms. The molecule has 0 spiro atoms. The molecule has 0 aliphatic heterocycles. The topological polar surface area (TPSA) is 58.2 Å². The molecule has 4 rings (SSSR count). The van der Waals surface area contributed by atoms with E-state index in [1.165, 1.54) is 55.0 Å². The van der Waals surface area contributed by atoms with Crippen molar-refractivity contribution in [3.63, 3.8) is 0 Å². The maximum Gasteiger partial charge on any atom is 0.252 e. The summed E-state index contributed by atoms with van der Waals surface area (Å²) in [7, 11) is 0. The number of carbonyl (C=O) groups excluding carboxylic acids is 2. The Bertz CT molecular complexity index is 892. The SMILES string of the molecule is O=C(CSc1ccccc1C(=O)NC1CCc2ccccc21)NCC1CCCCC1. The second-order valence-electron chi connectivity index (χ2n) is 8.36. The summed E-state index contributed by atoms with van der Waals surface area (Å²) in [6.45, 7) is 0.780. The lowest BCUT2D eigenvalue weighted by Crippen LogP contribution is -2.31. The summed E-state index contributed by atoms with van der Waals surface area (Å²) in [6, 6.07) is 15.9. The molecule has 1 fully saturated rings. The molecule has 0 saturated heterocycles. The van der Waals surface area contributed by atoms with Crippen molar-refractivity contribution in [1.29, 1.82) is 0 Å². The Balaban J connectivity index is 1.32. The van der Waals surface area contributed by atoms with Gasteiger partial charge in [0, 0.05) is 11.4 Å². The minimum Gasteiger partial charge on any atom is -0.355 e. The number of thioether (sulfide) groups is 1. The van der Waals surface area contributed by atoms with Crippen LogP contribution in [0.15, 0.2) is 53.4 Å². The number of amides is 2. The third-order valence-corrected chi connectivity index (χ3v) is 7.31. The smallest absolute Gasteiger partial charge is 0.252 e. The zero-order chi connectivity index (χ0) is 20.8. The van der Waals surface area contributed by atoms with Crippen LogP contribution in [0.25, 0.3) is 0 Å². The molecule has 4 nitrogen and oxygen atoms in total. The fourth-order valence-electron chi connectivity index (χ4n) is 4.57. The predicted octanol–water partition coefficient (Wildman–Crippen LogP) is 4.89. The first-order valence-corrected chi connectivity index (χ1v) is 12.1. The minimum atomic E-state index is -0.0672. The highest BCUT2D eigenvalue weighted by molar-refractivity contribution is 8.00. The van der Waals surface area contributed by atoms with E-state index >= 15 is 0 Å². The molecule has 2 aromatic carbocycles. The van der Waals surface area contributed by atoms with Crippen molar-refractivity contribution in [2.45, 2.75) is 55.9 Å². The molecule has 2 aromatic rings. The van der Waals surface area contributed by atoms with Gasteiger partial charge in [-0.3, -0.25) is 9.59 Å². The number of rotatable bonds is 7. The molecule has 0 heterocycles. The number of carbonyl (C=O) groups is 2. The van der Waals surface area contributed by atoms with Crippen LogP contribution in [-0.4, -0.2) is 24.1 Å². The number of hydrogen-bond acceptors (Lipinski definition) is 3. The summed E-state index contributed by atoms with van der Waals surface area (Å²) < 4.78 is 0. The van der Waals surface area contributed by atoms with Gasteiger partial charge in [0.1, 0.15) is 0 Å². The van der Waals surface area contributed by atoms with Gasteiger partial charge >= 0.3 is 0 Å². The maximum absolute atomic E-state index is 13.0. The van der Waals surface area contributed by atoms with Crippen molar-refractivity contribution in [2.75, 3.05) is 12.3 Å². The first kappa shape index (κ1) is 21.0. The first-order chi connectivity index (χ1) is 14.7. The van der Waals surface area contributed by atoms with E-state index in [-0.39, 0.29) is 17.9 Å². The van der Waals surface area contributed by atoms with Crippen LogP contribution in [0.4, 0.5) is 0 Å². The molecule has 0 bridgehead atoms. The minimum absolute atomic E-state index is 0.0468. The van der Waals surface area contributed by atoms with Crippen LogP contribution >= 0.6 is 11.8 Å². The predicted molar refractivity (Wildman–Crippen MR) is 122 cm³/mol. The van der Waals surface area contributed by atoms with Crippen LogP contribution in [0.3, 0.4) is 0 Å². The second-order valence-corrected chi connectivity index (χ2v) is 9.37. The molecule has 0 aromatic heterocycles. The zero-order valence-electron chi connectivity index (χ0n) is 17.4. The van der Waals surface area contributed by atoms with Gasteiger partial charge in [0.05, 0.1) is 17.4 Å². The lowest BCUT2D eigenvalue weighted by atomic mass is 9.89. The normalized spacial score (nSPS) is 18.6. The molecule has 1 atom stereocenters. The molecule has 2 N–H and O–H groups in total. The van der Waals surface area contributed by atoms with Crippen LogP contribution in [0.1, 0.15) is 66.1 Å². The van der Waals surface area contributed by atoms with Crippen molar-refractivity contribution < 1.29 is 9.59 Å². The zero-order valence-corrected chi connectivity index (χ0v) is 18.2. The molecule has 1 unspecified atom stereocenters. The summed E-state index contributed by atoms with van der Waals surface area (Å²) >= 11 is 1.44. The Morgan fingerprint density at radius 1 is 0.933 bits per heavy atom. The number of hydrogen-bond donors (Lipinski definition) is 2. The Morgan fingerprint density at radius 3 is 2.57 bits per heavy atom. The fourth-order valence-corrected chi connectivity index (χ4v) is 5.45. The number of benzene rings is 2. The van der Waals surface area contributed by atoms with Crippen molar-refractivity contribution in [3.8, 4) is 0 Å². The quantitative estimate of drug-likeness (QED) is 0.625. The van der Waals surface area contributed by atoms with E-state index in [0.717, 1.165) is 24.3 Å². The van der Waals surface area contributed by atoms with Crippen LogP contribution in [0.5, 0.6) is 0 Å². The van der Waals surface area contributed by atoms with Crippen molar-refractivity contribution in [1.82, 2.24) is 10.6 Å². The Morgan fingerprint density at radius 2 is 1.70 bits per heavy atom. The average molecular weight is 423 g/mol. The number of fused-ring (bicyclic) bond motifs is 1. The van der Waals surface area contributed by atoms with Crippen molar-refractivity contribution in [3.05, 3.63) is 65.2 Å². The van der Waals surface area contributed by atoms with E-state index in [2.05, 4.69) is 22.8 Å². The highest BCUT2D eigenvalue weighted by Crippen LogP contribution is 2.31. The van der Waals surface area contributed by atoms with Crippen molar-refractivity contribution in [2.24, 2.45) is 5.92 Å². The Hall–Kier alpha value is -2.27. The van der Waals surface area contributed by atoms with E-state index in [1.54, 1.807) is 0 Å². The molecule has 1 saturated carbocycles. The Kier molecular flexibility index (Phi) is 7.11. The van der Waals surface area contributed by atoms with Gasteiger partial charge in [-0.2, -0.15) is 0 Å². The molecular weight excluding hydrogens is 392 g/mol. The highest BCUT2D eigenvalue weighted by Gasteiger charge is 2.24. The van der Waals surface area contributed by atoms with Gasteiger partial charge in [-0.05, 0) is 54.9 Å². The summed E-state index contributed by atoms with van der Waals surface area (Å²) in [5.41, 5.74) is 3.19. The van der Waals surface area contributed by atoms with Crippen LogP contribution in [0, 0.1) is 5.92 Å². The van der Waals surface area contributed by atoms with Gasteiger partial charge < -0.3 is 10.6 Å². The van der Waals surface area contributed by atoms with Crippen molar-refractivity contribution >= 4 is 23.6 Å². The number of nitrogens with one attached hydrogen (secondary N) is 2. The van der Waals surface area contributed by atoms with Crippen LogP contribution in [-0.2, 0) is 11.2 Å². The van der Waals surface area contributed by atoms with E-state index in [1.807, 2.05) is 36.4 Å². The maximum atomic E-state index is 13.0. The highest BCUT2D eigenvalue weighted by atomic mass is 32.2. The molecular formula is C25H30N2O2S. The standard InChI is InChI=1S/C25H30N2O2S/c28-24(26-16-18-8-2-1-3-9-18)17-30-23-13-7-6-12-21(23)25(29)27-22-15-14-19-10-4-5-11-20(19)22/h4-7,10-13,18,22H,1-3,8-9,14-17H2,(H,26,28)(H,27,29). The van der Waals surface area contributed by atoms with Gasteiger partial charge in [-0.1, -0.05) is 55.7 Å². The van der Waals surface area contributed by atoms with Gasteiger partial charge in [0.15, 0.2) is 0 Å². The second kappa shape index (κ2) is 10.2. The van der Waals surface area contributed by atoms with Gasteiger partial charge in [-0.15, -0.1) is 11.8 Å². The fraction of sp³-hybridized carbons (Fsp3) is 0.440. The lowest BCUT2D eigenvalue weighted by molar-refractivity contribution is -0.118. The van der Waals surface area contributed by atoms with Gasteiger partial charge in [0.2, 0.25) is 5.91 Å². The molecule has 2 aliphatic carbocycles. The largest absolute Gasteiger partial charge is 0.355 e. The lowest BCUT2D eigenvalue weighted by Gasteiger charge is -2.21. The first-order valence-electron chi connectivity index (χ1n) is 11.1. The third-order valence-electron chi connectivity index (χ3n) is 6.24. The van der Waals surface area contributed by atoms with Gasteiger partial charge in [0.25, 0.3) is 5.91 Å². The third kappa shape index (κ3) is 5.25. The van der Waals surface area contributed by atoms with E-state index in [9.17, 15) is 9.59 Å². The van der Waals surface area contributed by atoms with E-state index < -0.39 is 0 Å². The molecule has 2 aliphatic rings. The average Bonchev–Trinajstić information content (AvgIpc) is 3.20. The molecule has 2 amide bonds. The van der Waals surface area contributed by atoms with Crippen LogP contribution < -0.4 is 10.6 Å². The van der Waals surface area contributed by atoms with E-state index in [0.29, 0.717) is 17.2 Å². The van der Waals surface area contributed by atoms with Gasteiger partial charge in [-0.25, -0.2) is 0 Å². The van der Waals surface area contributed by atoms with E-state index in [4.69, 9.17) is 0 Å². The summed E-state index contributed by atoms with van der Waals surface area (Å²) in [5, 5.41) is 6.28. The number of aryl methyl sites for hydroxylation is 1. The summed E-state index contributed by atoms with van der Waals surface area (Å²) in [5.74, 6) is 0.941. The monoisotopic (exact) mass is 422 g/mol. The molecule has 0 radical (unpaired) electrons. The summed E-state index contributed by atoms with van der Waals surface area (Å²) in [4.78, 5) is 26.2. The Labute approximate surface area is 183 Å². The molecule has 30 heavy (non-hydrogen) atoms.